The second kappa shape index (κ2) is 3.72. The number of carbonyl (C=O) groups is 1. The molecule has 0 saturated heterocycles. The molecule has 0 spiro atoms. The van der Waals surface area contributed by atoms with Crippen LogP contribution in [0.2, 0.25) is 0 Å². The predicted octanol–water partition coefficient (Wildman–Crippen LogP) is 0.677. The lowest BCUT2D eigenvalue weighted by molar-refractivity contribution is -0.118. The number of amides is 1. The monoisotopic (exact) mass is 157 g/mol. The van der Waals surface area contributed by atoms with E-state index in [0.29, 0.717) is 18.4 Å². The average molecular weight is 157 g/mol. The zero-order valence-electron chi connectivity index (χ0n) is 6.88. The number of rotatable bonds is 3. The quantitative estimate of drug-likeness (QED) is 0.654. The van der Waals surface area contributed by atoms with E-state index in [4.69, 9.17) is 10.5 Å². The van der Waals surface area contributed by atoms with Crippen molar-refractivity contribution in [3.05, 3.63) is 0 Å². The van der Waals surface area contributed by atoms with Gasteiger partial charge in [0.05, 0.1) is 6.10 Å². The Kier molecular flexibility index (Phi) is 2.88. The molecule has 2 atom stereocenters. The fourth-order valence-electron chi connectivity index (χ4n) is 1.71. The van der Waals surface area contributed by atoms with Crippen LogP contribution in [0, 0.1) is 5.92 Å². The van der Waals surface area contributed by atoms with E-state index in [0.717, 1.165) is 19.3 Å². The number of methoxy groups -OCH3 is 1. The molecule has 0 aliphatic heterocycles. The molecule has 11 heavy (non-hydrogen) atoms. The van der Waals surface area contributed by atoms with Crippen molar-refractivity contribution in [3.8, 4) is 0 Å². The minimum atomic E-state index is -0.188. The Bertz CT molecular complexity index is 147. The molecule has 64 valence electrons. The van der Waals surface area contributed by atoms with Crippen LogP contribution >= 0.6 is 0 Å². The summed E-state index contributed by atoms with van der Waals surface area (Å²) in [6.07, 6.45) is 4.05. The molecule has 1 saturated carbocycles. The second-order valence-corrected chi connectivity index (χ2v) is 3.21. The first-order chi connectivity index (χ1) is 5.22. The third kappa shape index (κ3) is 2.50. The summed E-state index contributed by atoms with van der Waals surface area (Å²) in [5.74, 6) is 0.282. The zero-order valence-corrected chi connectivity index (χ0v) is 6.88. The number of hydrogen-bond donors (Lipinski definition) is 1. The van der Waals surface area contributed by atoms with E-state index in [2.05, 4.69) is 0 Å². The highest BCUT2D eigenvalue weighted by Gasteiger charge is 2.25. The fraction of sp³-hybridized carbons (Fsp3) is 0.875. The standard InChI is InChI=1S/C8H15NO2/c1-11-7-3-2-6(4-7)5-8(9)10/h6-7H,2-5H2,1H3,(H2,9,10)/t6-,7-/m0/s1. The third-order valence-electron chi connectivity index (χ3n) is 2.32. The van der Waals surface area contributed by atoms with Gasteiger partial charge in [0.1, 0.15) is 0 Å². The Labute approximate surface area is 66.9 Å². The van der Waals surface area contributed by atoms with Crippen molar-refractivity contribution >= 4 is 5.91 Å². The molecule has 0 radical (unpaired) electrons. The van der Waals surface area contributed by atoms with E-state index in [1.165, 1.54) is 0 Å². The number of hydrogen-bond acceptors (Lipinski definition) is 2. The summed E-state index contributed by atoms with van der Waals surface area (Å²) < 4.78 is 5.17. The third-order valence-corrected chi connectivity index (χ3v) is 2.32. The maximum atomic E-state index is 10.5. The summed E-state index contributed by atoms with van der Waals surface area (Å²) in [6.45, 7) is 0. The highest BCUT2D eigenvalue weighted by Crippen LogP contribution is 2.29. The van der Waals surface area contributed by atoms with Crippen LogP contribution in [-0.2, 0) is 9.53 Å². The van der Waals surface area contributed by atoms with Crippen molar-refractivity contribution < 1.29 is 9.53 Å². The molecule has 1 fully saturated rings. The molecule has 2 N–H and O–H groups in total. The summed E-state index contributed by atoms with van der Waals surface area (Å²) in [7, 11) is 1.72. The molecule has 0 aromatic carbocycles. The molecule has 1 aliphatic carbocycles. The first-order valence-corrected chi connectivity index (χ1v) is 4.03. The lowest BCUT2D eigenvalue weighted by Crippen LogP contribution is -2.15. The smallest absolute Gasteiger partial charge is 0.217 e. The summed E-state index contributed by atoms with van der Waals surface area (Å²) >= 11 is 0. The molecule has 0 heterocycles. The minimum absolute atomic E-state index is 0.188. The largest absolute Gasteiger partial charge is 0.381 e. The highest BCUT2D eigenvalue weighted by molar-refractivity contribution is 5.74. The molecule has 1 rings (SSSR count). The van der Waals surface area contributed by atoms with Crippen LogP contribution in [0.25, 0.3) is 0 Å². The maximum Gasteiger partial charge on any atom is 0.217 e. The van der Waals surface area contributed by atoms with Gasteiger partial charge in [0, 0.05) is 13.5 Å². The first-order valence-electron chi connectivity index (χ1n) is 4.03. The Hall–Kier alpha value is -0.570. The van der Waals surface area contributed by atoms with Gasteiger partial charge in [-0.15, -0.1) is 0 Å². The highest BCUT2D eigenvalue weighted by atomic mass is 16.5. The Morgan fingerprint density at radius 2 is 2.36 bits per heavy atom. The Morgan fingerprint density at radius 3 is 2.82 bits per heavy atom. The minimum Gasteiger partial charge on any atom is -0.381 e. The van der Waals surface area contributed by atoms with Gasteiger partial charge >= 0.3 is 0 Å². The van der Waals surface area contributed by atoms with Gasteiger partial charge < -0.3 is 10.5 Å². The lowest BCUT2D eigenvalue weighted by atomic mass is 10.0. The fourth-order valence-corrected chi connectivity index (χ4v) is 1.71. The van der Waals surface area contributed by atoms with Crippen molar-refractivity contribution in [3.63, 3.8) is 0 Å². The van der Waals surface area contributed by atoms with Crippen LogP contribution in [-0.4, -0.2) is 19.1 Å². The van der Waals surface area contributed by atoms with Crippen molar-refractivity contribution in [1.29, 1.82) is 0 Å². The van der Waals surface area contributed by atoms with Gasteiger partial charge in [-0.05, 0) is 25.2 Å². The molecule has 0 unspecified atom stereocenters. The van der Waals surface area contributed by atoms with E-state index < -0.39 is 0 Å². The van der Waals surface area contributed by atoms with Gasteiger partial charge in [0.2, 0.25) is 5.91 Å². The van der Waals surface area contributed by atoms with Crippen molar-refractivity contribution in [2.24, 2.45) is 11.7 Å². The number of carbonyl (C=O) groups excluding carboxylic acids is 1. The number of primary amides is 1. The summed E-state index contributed by atoms with van der Waals surface area (Å²) in [5, 5.41) is 0. The van der Waals surface area contributed by atoms with E-state index in [-0.39, 0.29) is 5.91 Å². The predicted molar refractivity (Wildman–Crippen MR) is 41.9 cm³/mol. The molecule has 3 heteroatoms. The van der Waals surface area contributed by atoms with Crippen LogP contribution in [0.3, 0.4) is 0 Å². The first kappa shape index (κ1) is 8.53. The van der Waals surface area contributed by atoms with Crippen LogP contribution in [0.1, 0.15) is 25.7 Å². The lowest BCUT2D eigenvalue weighted by Gasteiger charge is -2.07. The molecule has 1 aliphatic rings. The van der Waals surface area contributed by atoms with Crippen LogP contribution in [0.5, 0.6) is 0 Å². The normalized spacial score (nSPS) is 30.6. The second-order valence-electron chi connectivity index (χ2n) is 3.21. The Morgan fingerprint density at radius 1 is 1.64 bits per heavy atom. The van der Waals surface area contributed by atoms with Crippen LogP contribution in [0.15, 0.2) is 0 Å². The van der Waals surface area contributed by atoms with Crippen LogP contribution in [0.4, 0.5) is 0 Å². The molecule has 0 aromatic rings. The molecule has 0 bridgehead atoms. The van der Waals surface area contributed by atoms with Crippen molar-refractivity contribution in [2.75, 3.05) is 7.11 Å². The van der Waals surface area contributed by atoms with Gasteiger partial charge in [-0.2, -0.15) is 0 Å². The van der Waals surface area contributed by atoms with Crippen LogP contribution < -0.4 is 5.73 Å². The maximum absolute atomic E-state index is 10.5. The van der Waals surface area contributed by atoms with E-state index >= 15 is 0 Å². The van der Waals surface area contributed by atoms with Gasteiger partial charge in [-0.25, -0.2) is 0 Å². The number of nitrogens with two attached hydrogens (primary N) is 1. The topological polar surface area (TPSA) is 52.3 Å². The molecule has 1 amide bonds. The van der Waals surface area contributed by atoms with Gasteiger partial charge in [-0.3, -0.25) is 4.79 Å². The van der Waals surface area contributed by atoms with E-state index in [9.17, 15) is 4.79 Å². The van der Waals surface area contributed by atoms with Gasteiger partial charge in [0.25, 0.3) is 0 Å². The molecule has 3 nitrogen and oxygen atoms in total. The van der Waals surface area contributed by atoms with Gasteiger partial charge in [-0.1, -0.05) is 0 Å². The van der Waals surface area contributed by atoms with Gasteiger partial charge in [0.15, 0.2) is 0 Å². The van der Waals surface area contributed by atoms with Crippen molar-refractivity contribution in [1.82, 2.24) is 0 Å². The number of ether oxygens (including phenoxy) is 1. The van der Waals surface area contributed by atoms with E-state index in [1.807, 2.05) is 0 Å². The average Bonchev–Trinajstić information content (AvgIpc) is 2.34. The molecular weight excluding hydrogens is 142 g/mol. The zero-order chi connectivity index (χ0) is 8.27. The summed E-state index contributed by atoms with van der Waals surface area (Å²) in [4.78, 5) is 10.5. The van der Waals surface area contributed by atoms with E-state index in [1.54, 1.807) is 7.11 Å². The Balaban J connectivity index is 2.24. The molecule has 0 aromatic heterocycles. The SMILES string of the molecule is CO[C@H]1CC[C@H](CC(N)=O)C1. The molecular formula is C8H15NO2. The van der Waals surface area contributed by atoms with Crippen molar-refractivity contribution in [2.45, 2.75) is 31.8 Å². The summed E-state index contributed by atoms with van der Waals surface area (Å²) in [6, 6.07) is 0. The summed E-state index contributed by atoms with van der Waals surface area (Å²) in [5.41, 5.74) is 5.08.